The molecule has 2 rings (SSSR count). The second-order valence-electron chi connectivity index (χ2n) is 6.11. The van der Waals surface area contributed by atoms with Gasteiger partial charge in [-0.25, -0.2) is 13.1 Å². The molecule has 0 saturated carbocycles. The Labute approximate surface area is 168 Å². The third-order valence-electron chi connectivity index (χ3n) is 4.00. The average Bonchev–Trinajstić information content (AvgIpc) is 2.61. The Balaban J connectivity index is 1.93. The molecule has 0 heterocycles. The van der Waals surface area contributed by atoms with Crippen LogP contribution in [-0.4, -0.2) is 28.0 Å². The van der Waals surface area contributed by atoms with Crippen molar-refractivity contribution in [3.8, 4) is 5.75 Å². The van der Waals surface area contributed by atoms with Crippen LogP contribution >= 0.6 is 15.9 Å². The first-order valence-electron chi connectivity index (χ1n) is 8.42. The normalized spacial score (nSPS) is 12.4. The van der Waals surface area contributed by atoms with Crippen molar-refractivity contribution in [1.29, 1.82) is 0 Å². The molecule has 0 bridgehead atoms. The van der Waals surface area contributed by atoms with Crippen LogP contribution < -0.4 is 14.8 Å². The van der Waals surface area contributed by atoms with Crippen molar-refractivity contribution in [1.82, 2.24) is 10.0 Å². The summed E-state index contributed by atoms with van der Waals surface area (Å²) in [6.07, 6.45) is 0.0299. The zero-order valence-electron chi connectivity index (χ0n) is 15.5. The van der Waals surface area contributed by atoms with Crippen LogP contribution in [0.1, 0.15) is 30.5 Å². The molecule has 0 aliphatic carbocycles. The van der Waals surface area contributed by atoms with Crippen LogP contribution in [0.5, 0.6) is 5.75 Å². The Hall–Kier alpha value is -1.90. The number of rotatable bonds is 8. The molecule has 1 atom stereocenters. The number of carbonyl (C=O) groups is 1. The van der Waals surface area contributed by atoms with Gasteiger partial charge in [-0.3, -0.25) is 4.79 Å². The molecule has 2 aromatic rings. The molecule has 8 heteroatoms. The van der Waals surface area contributed by atoms with Crippen LogP contribution in [-0.2, 0) is 14.8 Å². The molecular formula is C19H23BrN2O4S. The van der Waals surface area contributed by atoms with E-state index < -0.39 is 10.0 Å². The maximum Gasteiger partial charge on any atom is 0.241 e. The van der Waals surface area contributed by atoms with E-state index in [1.54, 1.807) is 25.3 Å². The topological polar surface area (TPSA) is 84.5 Å². The van der Waals surface area contributed by atoms with Gasteiger partial charge in [-0.15, -0.1) is 0 Å². The molecule has 27 heavy (non-hydrogen) atoms. The van der Waals surface area contributed by atoms with E-state index in [1.165, 1.54) is 6.07 Å². The van der Waals surface area contributed by atoms with Crippen LogP contribution in [0.3, 0.4) is 0 Å². The molecule has 6 nitrogen and oxygen atoms in total. The summed E-state index contributed by atoms with van der Waals surface area (Å²) in [5.41, 5.74) is 1.94. The number of methoxy groups -OCH3 is 1. The van der Waals surface area contributed by atoms with Gasteiger partial charge in [0.1, 0.15) is 5.75 Å². The molecule has 2 aromatic carbocycles. The molecule has 0 radical (unpaired) electrons. The molecule has 0 aliphatic heterocycles. The van der Waals surface area contributed by atoms with E-state index in [0.717, 1.165) is 11.1 Å². The number of aryl methyl sites for hydroxylation is 1. The molecule has 146 valence electrons. The number of amides is 1. The molecule has 0 unspecified atom stereocenters. The SMILES string of the molecule is COc1ccc(C)cc1[C@H](C)NC(=O)CCNS(=O)(=O)c1ccccc1Br. The molecule has 0 fully saturated rings. The Bertz CT molecular complexity index is 916. The highest BCUT2D eigenvalue weighted by atomic mass is 79.9. The fraction of sp³-hybridized carbons (Fsp3) is 0.316. The highest BCUT2D eigenvalue weighted by Gasteiger charge is 2.18. The predicted molar refractivity (Wildman–Crippen MR) is 108 cm³/mol. The van der Waals surface area contributed by atoms with Gasteiger partial charge in [0.15, 0.2) is 0 Å². The van der Waals surface area contributed by atoms with Crippen LogP contribution in [0.25, 0.3) is 0 Å². The number of benzene rings is 2. The van der Waals surface area contributed by atoms with E-state index in [9.17, 15) is 13.2 Å². The van der Waals surface area contributed by atoms with Crippen LogP contribution in [0, 0.1) is 6.92 Å². The number of hydrogen-bond donors (Lipinski definition) is 2. The molecule has 0 aromatic heterocycles. The zero-order valence-corrected chi connectivity index (χ0v) is 17.9. The Kier molecular flexibility index (Phi) is 7.41. The number of halogens is 1. The van der Waals surface area contributed by atoms with Crippen molar-refractivity contribution in [2.75, 3.05) is 13.7 Å². The van der Waals surface area contributed by atoms with E-state index in [2.05, 4.69) is 26.0 Å². The van der Waals surface area contributed by atoms with E-state index in [4.69, 9.17) is 4.74 Å². The highest BCUT2D eigenvalue weighted by molar-refractivity contribution is 9.10. The zero-order chi connectivity index (χ0) is 20.0. The smallest absolute Gasteiger partial charge is 0.241 e. The monoisotopic (exact) mass is 454 g/mol. The average molecular weight is 455 g/mol. The van der Waals surface area contributed by atoms with Gasteiger partial charge in [-0.2, -0.15) is 0 Å². The maximum atomic E-state index is 12.3. The lowest BCUT2D eigenvalue weighted by Crippen LogP contribution is -2.32. The molecular weight excluding hydrogens is 432 g/mol. The molecule has 1 amide bonds. The van der Waals surface area contributed by atoms with Crippen molar-refractivity contribution in [3.05, 3.63) is 58.1 Å². The van der Waals surface area contributed by atoms with E-state index in [-0.39, 0.29) is 29.8 Å². The first-order valence-corrected chi connectivity index (χ1v) is 10.7. The van der Waals surface area contributed by atoms with Gasteiger partial charge < -0.3 is 10.1 Å². The molecule has 0 spiro atoms. The highest BCUT2D eigenvalue weighted by Crippen LogP contribution is 2.26. The third-order valence-corrected chi connectivity index (χ3v) is 6.47. The predicted octanol–water partition coefficient (Wildman–Crippen LogP) is 3.31. The fourth-order valence-electron chi connectivity index (χ4n) is 2.62. The van der Waals surface area contributed by atoms with Gasteiger partial charge in [0.05, 0.1) is 18.0 Å². The number of carbonyl (C=O) groups excluding carboxylic acids is 1. The van der Waals surface area contributed by atoms with Crippen molar-refractivity contribution >= 4 is 31.9 Å². The summed E-state index contributed by atoms with van der Waals surface area (Å²) in [6.45, 7) is 3.83. The summed E-state index contributed by atoms with van der Waals surface area (Å²) in [6, 6.07) is 12.0. The largest absolute Gasteiger partial charge is 0.496 e. The van der Waals surface area contributed by atoms with Gasteiger partial charge in [0.25, 0.3) is 0 Å². The van der Waals surface area contributed by atoms with Crippen LogP contribution in [0.2, 0.25) is 0 Å². The maximum absolute atomic E-state index is 12.3. The summed E-state index contributed by atoms with van der Waals surface area (Å²) in [5.74, 6) is 0.448. The lowest BCUT2D eigenvalue weighted by atomic mass is 10.0. The van der Waals surface area contributed by atoms with Crippen molar-refractivity contribution in [3.63, 3.8) is 0 Å². The quantitative estimate of drug-likeness (QED) is 0.640. The molecule has 0 saturated heterocycles. The van der Waals surface area contributed by atoms with Crippen molar-refractivity contribution < 1.29 is 17.9 Å². The fourth-order valence-corrected chi connectivity index (χ4v) is 4.66. The summed E-state index contributed by atoms with van der Waals surface area (Å²) in [5, 5.41) is 2.87. The number of ether oxygens (including phenoxy) is 1. The first-order chi connectivity index (χ1) is 12.7. The minimum Gasteiger partial charge on any atom is -0.496 e. The van der Waals surface area contributed by atoms with Gasteiger partial charge in [0.2, 0.25) is 15.9 Å². The first kappa shape index (κ1) is 21.4. The van der Waals surface area contributed by atoms with E-state index in [1.807, 2.05) is 32.0 Å². The third kappa shape index (κ3) is 5.79. The van der Waals surface area contributed by atoms with Gasteiger partial charge in [-0.05, 0) is 48.0 Å². The van der Waals surface area contributed by atoms with Crippen LogP contribution in [0.4, 0.5) is 0 Å². The Morgan fingerprint density at radius 1 is 1.22 bits per heavy atom. The lowest BCUT2D eigenvalue weighted by molar-refractivity contribution is -0.121. The van der Waals surface area contributed by atoms with Gasteiger partial charge >= 0.3 is 0 Å². The summed E-state index contributed by atoms with van der Waals surface area (Å²) < 4.78 is 32.9. The number of hydrogen-bond acceptors (Lipinski definition) is 4. The Morgan fingerprint density at radius 2 is 1.93 bits per heavy atom. The van der Waals surface area contributed by atoms with E-state index >= 15 is 0 Å². The molecule has 2 N–H and O–H groups in total. The number of nitrogens with one attached hydrogen (secondary N) is 2. The summed E-state index contributed by atoms with van der Waals surface area (Å²) in [4.78, 5) is 12.3. The minimum absolute atomic E-state index is 0.00712. The second-order valence-corrected chi connectivity index (χ2v) is 8.70. The Morgan fingerprint density at radius 3 is 2.59 bits per heavy atom. The van der Waals surface area contributed by atoms with Crippen molar-refractivity contribution in [2.24, 2.45) is 0 Å². The lowest BCUT2D eigenvalue weighted by Gasteiger charge is -2.18. The second kappa shape index (κ2) is 9.34. The summed E-state index contributed by atoms with van der Waals surface area (Å²) in [7, 11) is -2.10. The summed E-state index contributed by atoms with van der Waals surface area (Å²) >= 11 is 3.22. The molecule has 0 aliphatic rings. The minimum atomic E-state index is -3.68. The standard InChI is InChI=1S/C19H23BrN2O4S/c1-13-8-9-17(26-3)15(12-13)14(2)22-19(23)10-11-21-27(24,25)18-7-5-4-6-16(18)20/h4-9,12,14,21H,10-11H2,1-3H3,(H,22,23)/t14-/m0/s1. The van der Waals surface area contributed by atoms with Gasteiger partial charge in [0, 0.05) is 23.0 Å². The van der Waals surface area contributed by atoms with Crippen molar-refractivity contribution in [2.45, 2.75) is 31.2 Å². The van der Waals surface area contributed by atoms with E-state index in [0.29, 0.717) is 10.2 Å². The number of sulfonamides is 1. The van der Waals surface area contributed by atoms with Gasteiger partial charge in [-0.1, -0.05) is 29.8 Å². The van der Waals surface area contributed by atoms with Crippen LogP contribution in [0.15, 0.2) is 51.8 Å².